The predicted octanol–water partition coefficient (Wildman–Crippen LogP) is 1.34. The highest BCUT2D eigenvalue weighted by molar-refractivity contribution is 5.13. The first kappa shape index (κ1) is 11.1. The zero-order valence-corrected chi connectivity index (χ0v) is 9.33. The van der Waals surface area contributed by atoms with Crippen LogP contribution in [-0.2, 0) is 0 Å². The second-order valence-corrected chi connectivity index (χ2v) is 3.95. The normalized spacial score (nSPS) is 14.0. The summed E-state index contributed by atoms with van der Waals surface area (Å²) in [4.78, 5) is 4.36. The van der Waals surface area contributed by atoms with Crippen LogP contribution >= 0.6 is 0 Å². The number of pyridine rings is 1. The van der Waals surface area contributed by atoms with Gasteiger partial charge in [-0.2, -0.15) is 0 Å². The van der Waals surface area contributed by atoms with Crippen molar-refractivity contribution in [3.63, 3.8) is 0 Å². The third-order valence-electron chi connectivity index (χ3n) is 2.64. The third kappa shape index (κ3) is 2.30. The SMILES string of the molecule is CNC(c1ccccn1)C(C)(C)NC. The zero-order chi connectivity index (χ0) is 10.6. The minimum atomic E-state index is -0.0108. The van der Waals surface area contributed by atoms with E-state index >= 15 is 0 Å². The molecular formula is C11H19N3. The summed E-state index contributed by atoms with van der Waals surface area (Å²) >= 11 is 0. The summed E-state index contributed by atoms with van der Waals surface area (Å²) in [6.07, 6.45) is 1.82. The van der Waals surface area contributed by atoms with Gasteiger partial charge in [-0.05, 0) is 40.1 Å². The Labute approximate surface area is 85.9 Å². The van der Waals surface area contributed by atoms with Gasteiger partial charge in [0.1, 0.15) is 0 Å². The molecule has 1 aromatic heterocycles. The molecule has 0 aromatic carbocycles. The molecule has 0 saturated heterocycles. The lowest BCUT2D eigenvalue weighted by Gasteiger charge is -2.33. The number of hydrogen-bond acceptors (Lipinski definition) is 3. The summed E-state index contributed by atoms with van der Waals surface area (Å²) in [7, 11) is 3.92. The van der Waals surface area contributed by atoms with Crippen LogP contribution in [0.15, 0.2) is 24.4 Å². The Hall–Kier alpha value is -0.930. The summed E-state index contributed by atoms with van der Waals surface area (Å²) in [5.74, 6) is 0. The fourth-order valence-corrected chi connectivity index (χ4v) is 1.57. The molecule has 0 fully saturated rings. The van der Waals surface area contributed by atoms with Crippen molar-refractivity contribution in [1.82, 2.24) is 15.6 Å². The second-order valence-electron chi connectivity index (χ2n) is 3.95. The van der Waals surface area contributed by atoms with Crippen molar-refractivity contribution in [3.05, 3.63) is 30.1 Å². The van der Waals surface area contributed by atoms with Crippen molar-refractivity contribution >= 4 is 0 Å². The van der Waals surface area contributed by atoms with E-state index in [-0.39, 0.29) is 11.6 Å². The molecule has 0 amide bonds. The molecule has 3 heteroatoms. The third-order valence-corrected chi connectivity index (χ3v) is 2.64. The highest BCUT2D eigenvalue weighted by Gasteiger charge is 2.28. The van der Waals surface area contributed by atoms with Crippen LogP contribution < -0.4 is 10.6 Å². The summed E-state index contributed by atoms with van der Waals surface area (Å²) in [5, 5.41) is 6.57. The van der Waals surface area contributed by atoms with E-state index in [1.807, 2.05) is 38.5 Å². The van der Waals surface area contributed by atoms with Gasteiger partial charge in [0.05, 0.1) is 11.7 Å². The maximum absolute atomic E-state index is 4.36. The van der Waals surface area contributed by atoms with Crippen LogP contribution in [0.4, 0.5) is 0 Å². The molecule has 0 saturated carbocycles. The van der Waals surface area contributed by atoms with Crippen LogP contribution in [0.25, 0.3) is 0 Å². The second kappa shape index (κ2) is 4.53. The van der Waals surface area contributed by atoms with Gasteiger partial charge >= 0.3 is 0 Å². The molecule has 1 aromatic rings. The molecular weight excluding hydrogens is 174 g/mol. The van der Waals surface area contributed by atoms with Gasteiger partial charge in [-0.3, -0.25) is 4.98 Å². The molecule has 1 atom stereocenters. The van der Waals surface area contributed by atoms with Crippen LogP contribution in [-0.4, -0.2) is 24.6 Å². The fraction of sp³-hybridized carbons (Fsp3) is 0.545. The van der Waals surface area contributed by atoms with Crippen LogP contribution in [0.5, 0.6) is 0 Å². The lowest BCUT2D eigenvalue weighted by atomic mass is 9.92. The van der Waals surface area contributed by atoms with Crippen LogP contribution in [0.1, 0.15) is 25.6 Å². The number of aromatic nitrogens is 1. The summed E-state index contributed by atoms with van der Waals surface area (Å²) < 4.78 is 0. The van der Waals surface area contributed by atoms with E-state index < -0.39 is 0 Å². The Morgan fingerprint density at radius 3 is 2.43 bits per heavy atom. The predicted molar refractivity (Wildman–Crippen MR) is 59.2 cm³/mol. The highest BCUT2D eigenvalue weighted by atomic mass is 15.0. The molecule has 1 unspecified atom stereocenters. The van der Waals surface area contributed by atoms with Crippen molar-refractivity contribution < 1.29 is 0 Å². The zero-order valence-electron chi connectivity index (χ0n) is 9.33. The van der Waals surface area contributed by atoms with E-state index in [1.54, 1.807) is 0 Å². The molecule has 1 rings (SSSR count). The van der Waals surface area contributed by atoms with E-state index in [4.69, 9.17) is 0 Å². The van der Waals surface area contributed by atoms with Gasteiger partial charge in [0.2, 0.25) is 0 Å². The Morgan fingerprint density at radius 2 is 2.00 bits per heavy atom. The average molecular weight is 193 g/mol. The Bertz CT molecular complexity index is 269. The van der Waals surface area contributed by atoms with Crippen LogP contribution in [0, 0.1) is 0 Å². The Morgan fingerprint density at radius 1 is 1.29 bits per heavy atom. The van der Waals surface area contributed by atoms with E-state index in [9.17, 15) is 0 Å². The average Bonchev–Trinajstić information content (AvgIpc) is 2.20. The maximum atomic E-state index is 4.36. The van der Waals surface area contributed by atoms with E-state index in [0.717, 1.165) is 5.69 Å². The van der Waals surface area contributed by atoms with Crippen LogP contribution in [0.3, 0.4) is 0 Å². The van der Waals surface area contributed by atoms with Gasteiger partial charge in [0.15, 0.2) is 0 Å². The van der Waals surface area contributed by atoms with Crippen molar-refractivity contribution in [2.45, 2.75) is 25.4 Å². The largest absolute Gasteiger partial charge is 0.313 e. The monoisotopic (exact) mass is 193 g/mol. The first-order chi connectivity index (χ1) is 6.61. The minimum absolute atomic E-state index is 0.0108. The lowest BCUT2D eigenvalue weighted by Crippen LogP contribution is -2.47. The Kier molecular flexibility index (Phi) is 3.61. The number of hydrogen-bond donors (Lipinski definition) is 2. The molecule has 3 nitrogen and oxygen atoms in total. The molecule has 0 spiro atoms. The molecule has 14 heavy (non-hydrogen) atoms. The number of rotatable bonds is 4. The molecule has 0 aliphatic rings. The van der Waals surface area contributed by atoms with Gasteiger partial charge in [0.25, 0.3) is 0 Å². The standard InChI is InChI=1S/C11H19N3/c1-11(2,13-4)10(12-3)9-7-5-6-8-14-9/h5-8,10,12-13H,1-4H3. The van der Waals surface area contributed by atoms with Gasteiger partial charge < -0.3 is 10.6 Å². The van der Waals surface area contributed by atoms with Gasteiger partial charge in [0, 0.05) is 11.7 Å². The number of nitrogens with one attached hydrogen (secondary N) is 2. The van der Waals surface area contributed by atoms with Gasteiger partial charge in [-0.1, -0.05) is 6.07 Å². The Balaban J connectivity index is 2.93. The van der Waals surface area contributed by atoms with Gasteiger partial charge in [-0.15, -0.1) is 0 Å². The quantitative estimate of drug-likeness (QED) is 0.757. The molecule has 0 bridgehead atoms. The van der Waals surface area contributed by atoms with E-state index in [1.165, 1.54) is 0 Å². The van der Waals surface area contributed by atoms with E-state index in [0.29, 0.717) is 0 Å². The molecule has 0 radical (unpaired) electrons. The molecule has 0 aliphatic carbocycles. The number of nitrogens with zero attached hydrogens (tertiary/aromatic N) is 1. The maximum Gasteiger partial charge on any atom is 0.0671 e. The molecule has 2 N–H and O–H groups in total. The van der Waals surface area contributed by atoms with Gasteiger partial charge in [-0.25, -0.2) is 0 Å². The van der Waals surface area contributed by atoms with Crippen LogP contribution in [0.2, 0.25) is 0 Å². The molecule has 78 valence electrons. The summed E-state index contributed by atoms with van der Waals surface area (Å²) in [6, 6.07) is 6.20. The first-order valence-corrected chi connectivity index (χ1v) is 4.89. The highest BCUT2D eigenvalue weighted by Crippen LogP contribution is 2.22. The number of likely N-dealkylation sites (N-methyl/N-ethyl adjacent to an activating group) is 2. The fourth-order valence-electron chi connectivity index (χ4n) is 1.57. The first-order valence-electron chi connectivity index (χ1n) is 4.89. The van der Waals surface area contributed by atoms with Crippen molar-refractivity contribution in [3.8, 4) is 0 Å². The minimum Gasteiger partial charge on any atom is -0.313 e. The lowest BCUT2D eigenvalue weighted by molar-refractivity contribution is 0.306. The molecule has 0 aliphatic heterocycles. The summed E-state index contributed by atoms with van der Waals surface area (Å²) in [5.41, 5.74) is 1.05. The van der Waals surface area contributed by atoms with Crippen molar-refractivity contribution in [2.75, 3.05) is 14.1 Å². The van der Waals surface area contributed by atoms with Crippen molar-refractivity contribution in [1.29, 1.82) is 0 Å². The molecule has 1 heterocycles. The van der Waals surface area contributed by atoms with E-state index in [2.05, 4.69) is 29.5 Å². The van der Waals surface area contributed by atoms with Crippen molar-refractivity contribution in [2.24, 2.45) is 0 Å². The smallest absolute Gasteiger partial charge is 0.0671 e. The topological polar surface area (TPSA) is 37.0 Å². The summed E-state index contributed by atoms with van der Waals surface area (Å²) in [6.45, 7) is 4.31.